The van der Waals surface area contributed by atoms with E-state index in [0.717, 1.165) is 0 Å². The van der Waals surface area contributed by atoms with Crippen molar-refractivity contribution in [2.75, 3.05) is 0 Å². The Hall–Kier alpha value is 0.740. The second-order valence-electron chi connectivity index (χ2n) is 1.19. The van der Waals surface area contributed by atoms with Crippen LogP contribution in [0.3, 0.4) is 0 Å². The van der Waals surface area contributed by atoms with Gasteiger partial charge in [0.25, 0.3) is 0 Å². The van der Waals surface area contributed by atoms with Crippen molar-refractivity contribution in [1.82, 2.24) is 4.72 Å². The molecule has 0 saturated heterocycles. The molecular weight excluding hydrogens is 212 g/mol. The van der Waals surface area contributed by atoms with E-state index >= 15 is 0 Å². The van der Waals surface area contributed by atoms with Crippen molar-refractivity contribution in [1.29, 1.82) is 0 Å². The number of allylic oxidation sites excluding steroid dienone is 2. The molecule has 12 heavy (non-hydrogen) atoms. The molecule has 0 amide bonds. The Balaban J connectivity index is -0.000000124. The largest absolute Gasteiger partial charge is 1.00 e. The SMILES string of the molecule is C1=CNSC=C1.O.O=[PH]([O-])O.[Na+]. The molecule has 0 saturated carbocycles. The fourth-order valence-corrected chi connectivity index (χ4v) is 0.663. The summed E-state index contributed by atoms with van der Waals surface area (Å²) in [6.07, 6.45) is 5.84. The number of nitrogens with one attached hydrogen (secondary N) is 1. The third-order valence-electron chi connectivity index (χ3n) is 0.490. The second-order valence-corrected chi connectivity index (χ2v) is 2.46. The standard InChI is InChI=1S/C4H5NS.Na.H3O3P.H2O/c1-2-4-6-5-3-1;;1-4(2)3;/h1-5H;;4H,(H2,1,2,3);1H2/q;+1;;/p-1. The summed E-state index contributed by atoms with van der Waals surface area (Å²) in [4.78, 5) is 15.7. The third-order valence-corrected chi connectivity index (χ3v) is 1.06. The normalized spacial score (nSPS) is 13.8. The zero-order chi connectivity index (χ0) is 7.82. The van der Waals surface area contributed by atoms with Crippen molar-refractivity contribution in [3.05, 3.63) is 23.8 Å². The van der Waals surface area contributed by atoms with Gasteiger partial charge < -0.3 is 24.6 Å². The van der Waals surface area contributed by atoms with E-state index in [-0.39, 0.29) is 35.0 Å². The van der Waals surface area contributed by atoms with Crippen molar-refractivity contribution < 1.29 is 49.4 Å². The summed E-state index contributed by atoms with van der Waals surface area (Å²) in [7, 11) is -3.38. The molecule has 8 heteroatoms. The predicted molar refractivity (Wildman–Crippen MR) is 43.8 cm³/mol. The molecule has 0 aromatic rings. The van der Waals surface area contributed by atoms with Gasteiger partial charge >= 0.3 is 29.6 Å². The first-order valence-electron chi connectivity index (χ1n) is 2.36. The summed E-state index contributed by atoms with van der Waals surface area (Å²) in [5.41, 5.74) is 0. The monoisotopic (exact) mass is 221 g/mol. The maximum Gasteiger partial charge on any atom is 1.00 e. The molecule has 0 radical (unpaired) electrons. The molecule has 0 aliphatic carbocycles. The molecule has 0 bridgehead atoms. The van der Waals surface area contributed by atoms with Crippen LogP contribution in [-0.2, 0) is 4.57 Å². The number of rotatable bonds is 0. The molecule has 0 aromatic heterocycles. The second kappa shape index (κ2) is 14.3. The van der Waals surface area contributed by atoms with Crippen LogP contribution in [0.5, 0.6) is 0 Å². The van der Waals surface area contributed by atoms with Crippen LogP contribution in [0.15, 0.2) is 23.8 Å². The van der Waals surface area contributed by atoms with Gasteiger partial charge in [-0.25, -0.2) is 0 Å². The third kappa shape index (κ3) is 22.4. The van der Waals surface area contributed by atoms with E-state index in [1.165, 1.54) is 0 Å². The van der Waals surface area contributed by atoms with Gasteiger partial charge in [0, 0.05) is 6.20 Å². The van der Waals surface area contributed by atoms with E-state index in [2.05, 4.69) is 4.72 Å². The summed E-state index contributed by atoms with van der Waals surface area (Å²) in [5.74, 6) is 0. The molecule has 1 aliphatic rings. The first-order valence-corrected chi connectivity index (χ1v) is 4.50. The molecule has 1 atom stereocenters. The zero-order valence-electron chi connectivity index (χ0n) is 6.48. The molecule has 1 unspecified atom stereocenters. The van der Waals surface area contributed by atoms with Crippen LogP contribution >= 0.6 is 20.2 Å². The first kappa shape index (κ1) is 18.5. The minimum atomic E-state index is -3.38. The fraction of sp³-hybridized carbons (Fsp3) is 0. The van der Waals surface area contributed by atoms with Gasteiger partial charge in [-0.05, 0) is 23.4 Å². The topological polar surface area (TPSA) is 104 Å². The maximum absolute atomic E-state index is 8.63. The molecule has 1 heterocycles. The minimum absolute atomic E-state index is 0. The van der Waals surface area contributed by atoms with Gasteiger partial charge in [0.1, 0.15) is 8.25 Å². The summed E-state index contributed by atoms with van der Waals surface area (Å²) >= 11 is 1.58. The van der Waals surface area contributed by atoms with Gasteiger partial charge in [-0.2, -0.15) is 0 Å². The van der Waals surface area contributed by atoms with Crippen molar-refractivity contribution in [3.63, 3.8) is 0 Å². The van der Waals surface area contributed by atoms with Crippen LogP contribution in [0.2, 0.25) is 0 Å². The molecule has 1 rings (SSSR count). The van der Waals surface area contributed by atoms with Crippen molar-refractivity contribution in [3.8, 4) is 0 Å². The Bertz CT molecular complexity index is 149. The number of hydrogen-bond donors (Lipinski definition) is 2. The van der Waals surface area contributed by atoms with Crippen molar-refractivity contribution in [2.45, 2.75) is 0 Å². The molecule has 0 fully saturated rings. The zero-order valence-corrected chi connectivity index (χ0v) is 10.3. The summed E-state index contributed by atoms with van der Waals surface area (Å²) in [6.45, 7) is 0. The van der Waals surface area contributed by atoms with E-state index < -0.39 is 8.25 Å². The van der Waals surface area contributed by atoms with Crippen molar-refractivity contribution in [2.24, 2.45) is 0 Å². The van der Waals surface area contributed by atoms with Crippen LogP contribution in [-0.4, -0.2) is 10.4 Å². The predicted octanol–water partition coefficient (Wildman–Crippen LogP) is -3.83. The fourth-order valence-electron chi connectivity index (χ4n) is 0.258. The first-order chi connectivity index (χ1) is 4.73. The summed E-state index contributed by atoms with van der Waals surface area (Å²) in [6, 6.07) is 0. The van der Waals surface area contributed by atoms with Gasteiger partial charge in [0.2, 0.25) is 0 Å². The molecular formula is C4H9NNaO4PS. The van der Waals surface area contributed by atoms with Crippen LogP contribution in [0.4, 0.5) is 0 Å². The van der Waals surface area contributed by atoms with E-state index in [0.29, 0.717) is 0 Å². The van der Waals surface area contributed by atoms with Gasteiger partial charge in [0.05, 0.1) is 0 Å². The smallest absolute Gasteiger partial charge is 0.781 e. The molecule has 5 nitrogen and oxygen atoms in total. The van der Waals surface area contributed by atoms with Gasteiger partial charge in [0.15, 0.2) is 0 Å². The number of hydrogen-bond acceptors (Lipinski definition) is 4. The van der Waals surface area contributed by atoms with Gasteiger partial charge in [-0.3, -0.25) is 0 Å². The van der Waals surface area contributed by atoms with Gasteiger partial charge in [-0.15, -0.1) is 0 Å². The van der Waals surface area contributed by atoms with Crippen LogP contribution < -0.4 is 39.2 Å². The summed E-state index contributed by atoms with van der Waals surface area (Å²) < 4.78 is 11.6. The van der Waals surface area contributed by atoms with E-state index in [1.54, 1.807) is 11.9 Å². The summed E-state index contributed by atoms with van der Waals surface area (Å²) in [5, 5.41) is 1.99. The van der Waals surface area contributed by atoms with Crippen LogP contribution in [0.1, 0.15) is 0 Å². The average molecular weight is 221 g/mol. The average Bonchev–Trinajstić information content (AvgIpc) is 1.90. The Morgan fingerprint density at radius 2 is 2.00 bits per heavy atom. The van der Waals surface area contributed by atoms with Crippen LogP contribution in [0.25, 0.3) is 0 Å². The Morgan fingerprint density at radius 3 is 2.08 bits per heavy atom. The quantitative estimate of drug-likeness (QED) is 0.248. The molecule has 1 aliphatic heterocycles. The van der Waals surface area contributed by atoms with Gasteiger partial charge in [-0.1, -0.05) is 6.08 Å². The van der Waals surface area contributed by atoms with Crippen LogP contribution in [0, 0.1) is 0 Å². The Morgan fingerprint density at radius 1 is 1.50 bits per heavy atom. The van der Waals surface area contributed by atoms with E-state index in [1.807, 2.05) is 23.8 Å². The van der Waals surface area contributed by atoms with E-state index in [4.69, 9.17) is 14.4 Å². The molecule has 66 valence electrons. The molecule has 0 spiro atoms. The molecule has 0 aromatic carbocycles. The Labute approximate surface area is 97.6 Å². The van der Waals surface area contributed by atoms with Crippen molar-refractivity contribution >= 4 is 20.2 Å². The van der Waals surface area contributed by atoms with E-state index in [9.17, 15) is 0 Å². The minimum Gasteiger partial charge on any atom is -0.781 e. The maximum atomic E-state index is 8.63. The Kier molecular flexibility index (Phi) is 22.0. The molecule has 4 N–H and O–H groups in total.